The molecule has 0 fully saturated rings. The van der Waals surface area contributed by atoms with Crippen LogP contribution in [-0.2, 0) is 0 Å². The van der Waals surface area contributed by atoms with E-state index in [0.29, 0.717) is 16.7 Å². The average Bonchev–Trinajstić information content (AvgIpc) is 2.58. The molecule has 0 aliphatic carbocycles. The Balaban J connectivity index is 2.64. The van der Waals surface area contributed by atoms with Crippen molar-refractivity contribution in [2.75, 3.05) is 5.73 Å². The maximum Gasteiger partial charge on any atom is 0.230 e. The smallest absolute Gasteiger partial charge is 0.230 e. The van der Waals surface area contributed by atoms with Gasteiger partial charge < -0.3 is 20.5 Å². The monoisotopic (exact) mass is 206 g/mol. The van der Waals surface area contributed by atoms with Gasteiger partial charge in [0, 0.05) is 5.56 Å². The topological polar surface area (TPSA) is 92.5 Å². The van der Waals surface area contributed by atoms with Gasteiger partial charge in [0.15, 0.2) is 0 Å². The molecule has 5 heteroatoms. The summed E-state index contributed by atoms with van der Waals surface area (Å²) in [5, 5.41) is 22.7. The predicted molar refractivity (Wildman–Crippen MR) is 54.4 cm³/mol. The highest BCUT2D eigenvalue weighted by Gasteiger charge is 2.13. The van der Waals surface area contributed by atoms with Crippen LogP contribution in [0.4, 0.5) is 5.88 Å². The van der Waals surface area contributed by atoms with Crippen LogP contribution in [0.15, 0.2) is 22.9 Å². The number of aryl methyl sites for hydroxylation is 1. The number of phenolic OH excluding ortho intramolecular Hbond substituents is 2. The van der Waals surface area contributed by atoms with Gasteiger partial charge in [0.25, 0.3) is 0 Å². The fraction of sp³-hybridized carbons (Fsp3) is 0.100. The normalized spacial score (nSPS) is 10.5. The van der Waals surface area contributed by atoms with Crippen molar-refractivity contribution >= 4 is 5.88 Å². The minimum Gasteiger partial charge on any atom is -0.508 e. The molecule has 0 saturated heterocycles. The highest BCUT2D eigenvalue weighted by Crippen LogP contribution is 2.36. The molecule has 0 atom stereocenters. The van der Waals surface area contributed by atoms with Gasteiger partial charge in [-0.25, -0.2) is 0 Å². The zero-order valence-corrected chi connectivity index (χ0v) is 8.06. The summed E-state index contributed by atoms with van der Waals surface area (Å²) in [6.45, 7) is 1.69. The van der Waals surface area contributed by atoms with Gasteiger partial charge in [0.05, 0.1) is 11.8 Å². The Morgan fingerprint density at radius 3 is 2.53 bits per heavy atom. The molecule has 0 aliphatic rings. The van der Waals surface area contributed by atoms with Gasteiger partial charge >= 0.3 is 0 Å². The minimum atomic E-state index is 0.0280. The molecule has 1 aromatic carbocycles. The van der Waals surface area contributed by atoms with Crippen molar-refractivity contribution in [1.29, 1.82) is 0 Å². The SMILES string of the molecule is Cc1cc(O)c(-c2cnoc2N)cc1O. The van der Waals surface area contributed by atoms with Crippen LogP contribution in [0, 0.1) is 6.92 Å². The van der Waals surface area contributed by atoms with E-state index in [1.165, 1.54) is 18.3 Å². The van der Waals surface area contributed by atoms with Crippen LogP contribution in [0.5, 0.6) is 11.5 Å². The van der Waals surface area contributed by atoms with Gasteiger partial charge in [0.2, 0.25) is 5.88 Å². The Bertz CT molecular complexity index is 505. The van der Waals surface area contributed by atoms with Crippen molar-refractivity contribution in [3.8, 4) is 22.6 Å². The molecule has 4 N–H and O–H groups in total. The van der Waals surface area contributed by atoms with Crippen molar-refractivity contribution in [3.63, 3.8) is 0 Å². The lowest BCUT2D eigenvalue weighted by atomic mass is 10.0. The van der Waals surface area contributed by atoms with E-state index in [-0.39, 0.29) is 17.4 Å². The van der Waals surface area contributed by atoms with Gasteiger partial charge in [-0.15, -0.1) is 0 Å². The summed E-state index contributed by atoms with van der Waals surface area (Å²) in [5.74, 6) is 0.220. The highest BCUT2D eigenvalue weighted by atomic mass is 16.5. The third-order valence-electron chi connectivity index (χ3n) is 2.20. The summed E-state index contributed by atoms with van der Waals surface area (Å²) < 4.78 is 4.68. The first kappa shape index (κ1) is 9.39. The van der Waals surface area contributed by atoms with Crippen LogP contribution in [0.3, 0.4) is 0 Å². The van der Waals surface area contributed by atoms with E-state index >= 15 is 0 Å². The second kappa shape index (κ2) is 3.20. The average molecular weight is 206 g/mol. The van der Waals surface area contributed by atoms with E-state index in [1.54, 1.807) is 6.92 Å². The van der Waals surface area contributed by atoms with Crippen molar-refractivity contribution in [1.82, 2.24) is 5.16 Å². The number of hydrogen-bond donors (Lipinski definition) is 3. The maximum atomic E-state index is 9.68. The quantitative estimate of drug-likeness (QED) is 0.617. The Kier molecular flexibility index (Phi) is 2.00. The summed E-state index contributed by atoms with van der Waals surface area (Å²) in [4.78, 5) is 0. The lowest BCUT2D eigenvalue weighted by Crippen LogP contribution is -1.86. The standard InChI is InChI=1S/C10H10N2O3/c1-5-2-9(14)6(3-8(5)13)7-4-12-15-10(7)11/h2-4,13-14H,11H2,1H3. The van der Waals surface area contributed by atoms with Crippen molar-refractivity contribution in [2.45, 2.75) is 6.92 Å². The molecule has 2 rings (SSSR count). The molecule has 2 aromatic rings. The summed E-state index contributed by atoms with van der Waals surface area (Å²) in [6, 6.07) is 2.88. The van der Waals surface area contributed by atoms with Crippen LogP contribution in [0.25, 0.3) is 11.1 Å². The van der Waals surface area contributed by atoms with Crippen molar-refractivity contribution < 1.29 is 14.7 Å². The Morgan fingerprint density at radius 1 is 1.20 bits per heavy atom. The fourth-order valence-electron chi connectivity index (χ4n) is 1.35. The molecule has 0 amide bonds. The predicted octanol–water partition coefficient (Wildman–Crippen LogP) is 1.64. The first-order valence-corrected chi connectivity index (χ1v) is 4.32. The van der Waals surface area contributed by atoms with Crippen molar-refractivity contribution in [3.05, 3.63) is 23.9 Å². The first-order chi connectivity index (χ1) is 7.09. The third-order valence-corrected chi connectivity index (χ3v) is 2.20. The third kappa shape index (κ3) is 1.48. The highest BCUT2D eigenvalue weighted by molar-refractivity contribution is 5.78. The van der Waals surface area contributed by atoms with Crippen molar-refractivity contribution in [2.24, 2.45) is 0 Å². The number of aromatic nitrogens is 1. The van der Waals surface area contributed by atoms with E-state index < -0.39 is 0 Å². The molecule has 0 unspecified atom stereocenters. The number of rotatable bonds is 1. The van der Waals surface area contributed by atoms with E-state index in [2.05, 4.69) is 9.68 Å². The van der Waals surface area contributed by atoms with Crippen LogP contribution < -0.4 is 5.73 Å². The Hall–Kier alpha value is -2.17. The van der Waals surface area contributed by atoms with Gasteiger partial charge in [-0.2, -0.15) is 0 Å². The van der Waals surface area contributed by atoms with Crippen LogP contribution in [0.2, 0.25) is 0 Å². The molecular weight excluding hydrogens is 196 g/mol. The number of hydrogen-bond acceptors (Lipinski definition) is 5. The lowest BCUT2D eigenvalue weighted by molar-refractivity contribution is 0.436. The summed E-state index contributed by atoms with van der Waals surface area (Å²) in [5.41, 5.74) is 6.96. The van der Waals surface area contributed by atoms with Crippen LogP contribution in [-0.4, -0.2) is 15.4 Å². The molecule has 5 nitrogen and oxygen atoms in total. The number of phenols is 2. The second-order valence-corrected chi connectivity index (χ2v) is 3.26. The first-order valence-electron chi connectivity index (χ1n) is 4.32. The number of nitrogens with two attached hydrogens (primary N) is 1. The molecule has 0 radical (unpaired) electrons. The zero-order valence-electron chi connectivity index (χ0n) is 8.06. The number of nitrogens with zero attached hydrogens (tertiary/aromatic N) is 1. The number of benzene rings is 1. The molecule has 0 saturated carbocycles. The van der Waals surface area contributed by atoms with Gasteiger partial charge in [-0.3, -0.25) is 0 Å². The van der Waals surface area contributed by atoms with Crippen LogP contribution >= 0.6 is 0 Å². The molecule has 0 bridgehead atoms. The Labute approximate surface area is 85.7 Å². The number of anilines is 1. The van der Waals surface area contributed by atoms with E-state index in [1.807, 2.05) is 0 Å². The number of aromatic hydroxyl groups is 2. The fourth-order valence-corrected chi connectivity index (χ4v) is 1.35. The van der Waals surface area contributed by atoms with E-state index in [0.717, 1.165) is 0 Å². The Morgan fingerprint density at radius 2 is 1.93 bits per heavy atom. The minimum absolute atomic E-state index is 0.0280. The summed E-state index contributed by atoms with van der Waals surface area (Å²) in [7, 11) is 0. The molecule has 0 aliphatic heterocycles. The van der Waals surface area contributed by atoms with Crippen LogP contribution in [0.1, 0.15) is 5.56 Å². The maximum absolute atomic E-state index is 9.68. The summed E-state index contributed by atoms with van der Waals surface area (Å²) >= 11 is 0. The molecule has 1 aromatic heterocycles. The molecule has 15 heavy (non-hydrogen) atoms. The zero-order chi connectivity index (χ0) is 11.0. The van der Waals surface area contributed by atoms with Gasteiger partial charge in [-0.1, -0.05) is 5.16 Å². The van der Waals surface area contributed by atoms with Gasteiger partial charge in [-0.05, 0) is 24.6 Å². The number of nitrogen functional groups attached to an aromatic ring is 1. The molecule has 0 spiro atoms. The van der Waals surface area contributed by atoms with E-state index in [9.17, 15) is 10.2 Å². The van der Waals surface area contributed by atoms with Gasteiger partial charge in [0.1, 0.15) is 11.5 Å². The summed E-state index contributed by atoms with van der Waals surface area (Å²) in [6.07, 6.45) is 1.39. The second-order valence-electron chi connectivity index (χ2n) is 3.26. The largest absolute Gasteiger partial charge is 0.508 e. The molecule has 78 valence electrons. The molecular formula is C10H10N2O3. The van der Waals surface area contributed by atoms with E-state index in [4.69, 9.17) is 5.73 Å². The lowest BCUT2D eigenvalue weighted by Gasteiger charge is -2.05. The molecule has 1 heterocycles.